The summed E-state index contributed by atoms with van der Waals surface area (Å²) in [6, 6.07) is 3.45. The first-order chi connectivity index (χ1) is 6.65. The summed E-state index contributed by atoms with van der Waals surface area (Å²) in [5.41, 5.74) is 0.460. The Kier molecular flexibility index (Phi) is 3.23. The van der Waals surface area contributed by atoms with Gasteiger partial charge in [0.15, 0.2) is 0 Å². The zero-order valence-electron chi connectivity index (χ0n) is 7.99. The number of nitrogens with zero attached hydrogens (tertiary/aromatic N) is 1. The van der Waals surface area contributed by atoms with E-state index in [9.17, 15) is 9.59 Å². The van der Waals surface area contributed by atoms with Gasteiger partial charge in [-0.25, -0.2) is 0 Å². The fourth-order valence-electron chi connectivity index (χ4n) is 1.04. The third-order valence-electron chi connectivity index (χ3n) is 1.84. The van der Waals surface area contributed by atoms with Crippen LogP contribution in [0.1, 0.15) is 5.56 Å². The Morgan fingerprint density at radius 2 is 2.43 bits per heavy atom. The highest BCUT2D eigenvalue weighted by Crippen LogP contribution is 1.89. The summed E-state index contributed by atoms with van der Waals surface area (Å²) in [5.74, 6) is -0.282. The van der Waals surface area contributed by atoms with E-state index in [-0.39, 0.29) is 18.0 Å². The second kappa shape index (κ2) is 4.41. The average Bonchev–Trinajstić information content (AvgIpc) is 2.20. The molecule has 1 aromatic heterocycles. The van der Waals surface area contributed by atoms with Crippen LogP contribution in [-0.4, -0.2) is 10.5 Å². The van der Waals surface area contributed by atoms with Gasteiger partial charge in [0.05, 0.1) is 0 Å². The Morgan fingerprint density at radius 3 is 3.07 bits per heavy atom. The first kappa shape index (κ1) is 10.2. The molecule has 4 heteroatoms. The number of rotatable bonds is 3. The molecule has 0 spiro atoms. The van der Waals surface area contributed by atoms with Gasteiger partial charge in [-0.2, -0.15) is 0 Å². The van der Waals surface area contributed by atoms with Crippen molar-refractivity contribution in [1.82, 2.24) is 9.88 Å². The van der Waals surface area contributed by atoms with Crippen LogP contribution in [0.2, 0.25) is 0 Å². The minimum Gasteiger partial charge on any atom is -0.348 e. The van der Waals surface area contributed by atoms with E-state index in [1.165, 1.54) is 10.6 Å². The molecule has 0 aliphatic rings. The lowest BCUT2D eigenvalue weighted by molar-refractivity contribution is -0.116. The van der Waals surface area contributed by atoms with Gasteiger partial charge < -0.3 is 9.88 Å². The van der Waals surface area contributed by atoms with E-state index in [4.69, 9.17) is 0 Å². The molecule has 0 aliphatic carbocycles. The van der Waals surface area contributed by atoms with Crippen LogP contribution < -0.4 is 10.9 Å². The number of carbonyl (C=O) groups excluding carboxylic acids is 1. The van der Waals surface area contributed by atoms with Crippen molar-refractivity contribution in [2.24, 2.45) is 7.05 Å². The summed E-state index contributed by atoms with van der Waals surface area (Å²) in [5, 5.41) is 2.55. The molecule has 0 saturated carbocycles. The Bertz CT molecular complexity index is 407. The summed E-state index contributed by atoms with van der Waals surface area (Å²) in [6.07, 6.45) is 2.84. The minimum absolute atomic E-state index is 0.100. The minimum atomic E-state index is -0.282. The zero-order chi connectivity index (χ0) is 10.6. The van der Waals surface area contributed by atoms with Crippen LogP contribution in [0, 0.1) is 0 Å². The molecule has 1 rings (SSSR count). The van der Waals surface area contributed by atoms with Crippen molar-refractivity contribution in [3.05, 3.63) is 46.9 Å². The van der Waals surface area contributed by atoms with Crippen molar-refractivity contribution in [2.45, 2.75) is 6.54 Å². The quantitative estimate of drug-likeness (QED) is 0.695. The van der Waals surface area contributed by atoms with Crippen LogP contribution in [0.3, 0.4) is 0 Å². The summed E-state index contributed by atoms with van der Waals surface area (Å²) in [7, 11) is 1.67. The molecule has 14 heavy (non-hydrogen) atoms. The molecule has 74 valence electrons. The molecule has 0 bridgehead atoms. The van der Waals surface area contributed by atoms with Crippen molar-refractivity contribution >= 4 is 5.91 Å². The SMILES string of the molecule is C=CC(=O)NCc1cccn(C)c1=O. The third-order valence-corrected chi connectivity index (χ3v) is 1.84. The fourth-order valence-corrected chi connectivity index (χ4v) is 1.04. The number of hydrogen-bond donors (Lipinski definition) is 1. The number of carbonyl (C=O) groups is 1. The molecule has 0 aromatic carbocycles. The molecule has 1 amide bonds. The maximum absolute atomic E-state index is 11.5. The van der Waals surface area contributed by atoms with E-state index < -0.39 is 0 Å². The number of nitrogens with one attached hydrogen (secondary N) is 1. The molecular formula is C10H12N2O2. The Labute approximate surface area is 81.9 Å². The van der Waals surface area contributed by atoms with Gasteiger partial charge in [0.1, 0.15) is 0 Å². The monoisotopic (exact) mass is 192 g/mol. The maximum atomic E-state index is 11.5. The lowest BCUT2D eigenvalue weighted by Crippen LogP contribution is -2.27. The number of pyridine rings is 1. The molecule has 0 saturated heterocycles. The first-order valence-corrected chi connectivity index (χ1v) is 4.20. The van der Waals surface area contributed by atoms with Gasteiger partial charge in [0.2, 0.25) is 5.91 Å². The molecule has 0 atom stereocenters. The highest BCUT2D eigenvalue weighted by molar-refractivity contribution is 5.86. The molecular weight excluding hydrogens is 180 g/mol. The standard InChI is InChI=1S/C10H12N2O2/c1-3-9(13)11-7-8-5-4-6-12(2)10(8)14/h3-6H,1,7H2,2H3,(H,11,13). The van der Waals surface area contributed by atoms with E-state index >= 15 is 0 Å². The highest BCUT2D eigenvalue weighted by atomic mass is 16.1. The van der Waals surface area contributed by atoms with Crippen molar-refractivity contribution in [2.75, 3.05) is 0 Å². The third kappa shape index (κ3) is 2.32. The lowest BCUT2D eigenvalue weighted by atomic mass is 10.3. The maximum Gasteiger partial charge on any atom is 0.255 e. The largest absolute Gasteiger partial charge is 0.348 e. The van der Waals surface area contributed by atoms with Crippen LogP contribution in [0.4, 0.5) is 0 Å². The van der Waals surface area contributed by atoms with Crippen LogP contribution >= 0.6 is 0 Å². The van der Waals surface area contributed by atoms with Gasteiger partial charge in [-0.15, -0.1) is 0 Å². The molecule has 0 aliphatic heterocycles. The van der Waals surface area contributed by atoms with Crippen molar-refractivity contribution < 1.29 is 4.79 Å². The van der Waals surface area contributed by atoms with Gasteiger partial charge in [0, 0.05) is 25.4 Å². The number of amides is 1. The van der Waals surface area contributed by atoms with Gasteiger partial charge in [-0.3, -0.25) is 9.59 Å². The molecule has 0 unspecified atom stereocenters. The lowest BCUT2D eigenvalue weighted by Gasteiger charge is -2.03. The molecule has 1 aromatic rings. The van der Waals surface area contributed by atoms with Crippen molar-refractivity contribution in [3.8, 4) is 0 Å². The Hall–Kier alpha value is -1.84. The molecule has 4 nitrogen and oxygen atoms in total. The van der Waals surface area contributed by atoms with Crippen LogP contribution in [0.5, 0.6) is 0 Å². The Balaban J connectivity index is 2.78. The molecule has 1 heterocycles. The second-order valence-electron chi connectivity index (χ2n) is 2.87. The summed E-state index contributed by atoms with van der Waals surface area (Å²) in [6.45, 7) is 3.55. The topological polar surface area (TPSA) is 51.1 Å². The highest BCUT2D eigenvalue weighted by Gasteiger charge is 2.01. The van der Waals surface area contributed by atoms with Crippen LogP contribution in [0.15, 0.2) is 35.8 Å². The predicted octanol–water partition coefficient (Wildman–Crippen LogP) is 0.188. The van der Waals surface area contributed by atoms with Gasteiger partial charge in [-0.05, 0) is 12.1 Å². The first-order valence-electron chi connectivity index (χ1n) is 4.20. The van der Waals surface area contributed by atoms with Crippen LogP contribution in [0.25, 0.3) is 0 Å². The molecule has 1 N–H and O–H groups in total. The van der Waals surface area contributed by atoms with Gasteiger partial charge >= 0.3 is 0 Å². The fraction of sp³-hybridized carbons (Fsp3) is 0.200. The number of aryl methyl sites for hydroxylation is 1. The van der Waals surface area contributed by atoms with Crippen molar-refractivity contribution in [1.29, 1.82) is 0 Å². The zero-order valence-corrected chi connectivity index (χ0v) is 7.99. The normalized spacial score (nSPS) is 9.50. The molecule has 0 fully saturated rings. The van der Waals surface area contributed by atoms with Crippen LogP contribution in [-0.2, 0) is 18.4 Å². The van der Waals surface area contributed by atoms with E-state index in [1.807, 2.05) is 0 Å². The summed E-state index contributed by atoms with van der Waals surface area (Å²) >= 11 is 0. The van der Waals surface area contributed by atoms with E-state index in [0.717, 1.165) is 0 Å². The van der Waals surface area contributed by atoms with E-state index in [1.54, 1.807) is 25.4 Å². The summed E-state index contributed by atoms with van der Waals surface area (Å²) in [4.78, 5) is 22.3. The average molecular weight is 192 g/mol. The summed E-state index contributed by atoms with van der Waals surface area (Å²) < 4.78 is 1.47. The predicted molar refractivity (Wildman–Crippen MR) is 53.7 cm³/mol. The smallest absolute Gasteiger partial charge is 0.255 e. The van der Waals surface area contributed by atoms with E-state index in [0.29, 0.717) is 5.56 Å². The number of aromatic nitrogens is 1. The van der Waals surface area contributed by atoms with Gasteiger partial charge in [-0.1, -0.05) is 12.6 Å². The second-order valence-corrected chi connectivity index (χ2v) is 2.87. The Morgan fingerprint density at radius 1 is 1.71 bits per heavy atom. The van der Waals surface area contributed by atoms with E-state index in [2.05, 4.69) is 11.9 Å². The molecule has 0 radical (unpaired) electrons. The number of hydrogen-bond acceptors (Lipinski definition) is 2. The van der Waals surface area contributed by atoms with Gasteiger partial charge in [0.25, 0.3) is 5.56 Å². The van der Waals surface area contributed by atoms with Crippen molar-refractivity contribution in [3.63, 3.8) is 0 Å².